The molecule has 0 saturated heterocycles. The van der Waals surface area contributed by atoms with Crippen molar-refractivity contribution in [1.82, 2.24) is 33.6 Å². The van der Waals surface area contributed by atoms with Gasteiger partial charge in [-0.3, -0.25) is 24.1 Å². The van der Waals surface area contributed by atoms with E-state index in [1.165, 1.54) is 10.8 Å². The zero-order chi connectivity index (χ0) is 37.5. The van der Waals surface area contributed by atoms with Crippen molar-refractivity contribution in [3.8, 4) is 39.6 Å². The fraction of sp³-hybridized carbons (Fsp3) is 0. The molecule has 0 radical (unpaired) electrons. The largest absolute Gasteiger partial charge is 0.305 e. The van der Waals surface area contributed by atoms with E-state index >= 15 is 0 Å². The minimum absolute atomic E-state index is 0.794. The van der Waals surface area contributed by atoms with Crippen LogP contribution in [-0.2, 0) is 0 Å². The Morgan fingerprint density at radius 3 is 1.40 bits per heavy atom. The molecule has 0 saturated carbocycles. The monoisotopic (exact) mass is 729 g/mol. The van der Waals surface area contributed by atoms with Crippen LogP contribution in [0.1, 0.15) is 0 Å². The number of pyridine rings is 4. The molecule has 57 heavy (non-hydrogen) atoms. The van der Waals surface area contributed by atoms with Crippen molar-refractivity contribution in [3.05, 3.63) is 189 Å². The zero-order valence-electron chi connectivity index (χ0n) is 30.5. The van der Waals surface area contributed by atoms with Crippen LogP contribution in [0.4, 0.5) is 0 Å². The minimum Gasteiger partial charge on any atom is -0.305 e. The van der Waals surface area contributed by atoms with Gasteiger partial charge in [0.05, 0.1) is 38.8 Å². The Kier molecular flexibility index (Phi) is 6.79. The van der Waals surface area contributed by atoms with Crippen molar-refractivity contribution in [2.24, 2.45) is 0 Å². The van der Waals surface area contributed by atoms with Gasteiger partial charge in [0.15, 0.2) is 5.82 Å². The summed E-state index contributed by atoms with van der Waals surface area (Å²) >= 11 is 0. The molecule has 0 atom stereocenters. The summed E-state index contributed by atoms with van der Waals surface area (Å²) in [6.07, 6.45) is 11.4. The average molecular weight is 730 g/mol. The number of rotatable bonds is 5. The van der Waals surface area contributed by atoms with Crippen molar-refractivity contribution in [3.63, 3.8) is 0 Å². The van der Waals surface area contributed by atoms with Gasteiger partial charge >= 0.3 is 0 Å². The molecule has 7 heteroatoms. The molecule has 0 aliphatic carbocycles. The van der Waals surface area contributed by atoms with Gasteiger partial charge in [-0.25, -0.2) is 4.98 Å². The summed E-state index contributed by atoms with van der Waals surface area (Å²) in [7, 11) is 0. The lowest BCUT2D eigenvalue weighted by molar-refractivity contribution is 0.984. The quantitative estimate of drug-likeness (QED) is 0.177. The molecule has 7 aromatic heterocycles. The number of hydrogen-bond acceptors (Lipinski definition) is 4. The first-order valence-corrected chi connectivity index (χ1v) is 19.0. The molecule has 7 heterocycles. The van der Waals surface area contributed by atoms with E-state index in [1.807, 2.05) is 43.2 Å². The van der Waals surface area contributed by atoms with E-state index in [0.717, 1.165) is 94.2 Å². The van der Waals surface area contributed by atoms with Gasteiger partial charge in [0, 0.05) is 80.6 Å². The highest BCUT2D eigenvalue weighted by molar-refractivity contribution is 6.13. The first kappa shape index (κ1) is 31.5. The second kappa shape index (κ2) is 12.3. The Morgan fingerprint density at radius 1 is 0.333 bits per heavy atom. The molecular weight excluding hydrogens is 699 g/mol. The van der Waals surface area contributed by atoms with Gasteiger partial charge in [0.2, 0.25) is 0 Å². The lowest BCUT2D eigenvalue weighted by Gasteiger charge is -2.23. The molecule has 12 rings (SSSR count). The lowest BCUT2D eigenvalue weighted by atomic mass is 9.94. The van der Waals surface area contributed by atoms with Crippen LogP contribution in [0.5, 0.6) is 0 Å². The van der Waals surface area contributed by atoms with E-state index in [9.17, 15) is 0 Å². The third-order valence-electron chi connectivity index (χ3n) is 11.3. The van der Waals surface area contributed by atoms with E-state index < -0.39 is 0 Å². The Balaban J connectivity index is 1.34. The van der Waals surface area contributed by atoms with E-state index in [4.69, 9.17) is 4.98 Å². The molecule has 0 fully saturated rings. The van der Waals surface area contributed by atoms with E-state index in [-0.39, 0.29) is 0 Å². The molecule has 0 spiro atoms. The Labute approximate surface area is 326 Å². The standard InChI is InChI=1S/C50H31N7/c1-2-14-34(33(13-1)32-12-11-25-51-29-32)39-28-48(55-42-19-7-5-17-37(42)40-30-52-26-23-46(40)55)54-50(57-45-22-10-6-18-38(45)41-31-53-27-24-47(41)57)49(39)56-43-20-8-3-15-35(43)36-16-4-9-21-44(36)56/h1-31H. The van der Waals surface area contributed by atoms with Crippen LogP contribution in [0.25, 0.3) is 105 Å². The lowest BCUT2D eigenvalue weighted by Crippen LogP contribution is -2.11. The van der Waals surface area contributed by atoms with Crippen LogP contribution in [-0.4, -0.2) is 33.6 Å². The summed E-state index contributed by atoms with van der Waals surface area (Å²) in [5, 5.41) is 6.72. The van der Waals surface area contributed by atoms with Crippen molar-refractivity contribution in [2.45, 2.75) is 0 Å². The van der Waals surface area contributed by atoms with Crippen molar-refractivity contribution >= 4 is 65.4 Å². The highest BCUT2D eigenvalue weighted by Gasteiger charge is 2.27. The van der Waals surface area contributed by atoms with Crippen molar-refractivity contribution < 1.29 is 0 Å². The fourth-order valence-electron chi connectivity index (χ4n) is 8.97. The molecule has 0 N–H and O–H groups in total. The number of para-hydroxylation sites is 4. The van der Waals surface area contributed by atoms with Crippen LogP contribution in [0, 0.1) is 0 Å². The topological polar surface area (TPSA) is 66.3 Å². The summed E-state index contributed by atoms with van der Waals surface area (Å²) in [5.74, 6) is 1.59. The van der Waals surface area contributed by atoms with Crippen molar-refractivity contribution in [1.29, 1.82) is 0 Å². The predicted molar refractivity (Wildman–Crippen MR) is 232 cm³/mol. The molecular formula is C50H31N7. The maximum absolute atomic E-state index is 5.87. The van der Waals surface area contributed by atoms with Gasteiger partial charge in [-0.05, 0) is 59.7 Å². The van der Waals surface area contributed by atoms with Gasteiger partial charge in [-0.15, -0.1) is 0 Å². The van der Waals surface area contributed by atoms with Crippen LogP contribution < -0.4 is 0 Å². The van der Waals surface area contributed by atoms with E-state index in [1.54, 1.807) is 0 Å². The number of aromatic nitrogens is 7. The van der Waals surface area contributed by atoms with Gasteiger partial charge in [-0.2, -0.15) is 0 Å². The molecule has 0 aliphatic rings. The first-order chi connectivity index (χ1) is 28.3. The molecule has 12 aromatic rings. The fourth-order valence-corrected chi connectivity index (χ4v) is 8.97. The highest BCUT2D eigenvalue weighted by Crippen LogP contribution is 2.45. The normalized spacial score (nSPS) is 11.9. The van der Waals surface area contributed by atoms with E-state index in [0.29, 0.717) is 0 Å². The molecule has 0 bridgehead atoms. The van der Waals surface area contributed by atoms with Crippen LogP contribution in [0.2, 0.25) is 0 Å². The molecule has 7 nitrogen and oxygen atoms in total. The van der Waals surface area contributed by atoms with Crippen LogP contribution in [0.15, 0.2) is 189 Å². The van der Waals surface area contributed by atoms with Crippen LogP contribution in [0.3, 0.4) is 0 Å². The van der Waals surface area contributed by atoms with E-state index in [2.05, 4.69) is 174 Å². The molecule has 0 aliphatic heterocycles. The Hall–Kier alpha value is -7.90. The molecule has 5 aromatic carbocycles. The summed E-state index contributed by atoms with van der Waals surface area (Å²) in [5.41, 5.74) is 11.5. The maximum atomic E-state index is 5.87. The first-order valence-electron chi connectivity index (χ1n) is 19.0. The minimum atomic E-state index is 0.794. The molecule has 0 amide bonds. The van der Waals surface area contributed by atoms with Gasteiger partial charge in [0.1, 0.15) is 5.82 Å². The highest BCUT2D eigenvalue weighted by atomic mass is 15.2. The number of nitrogens with zero attached hydrogens (tertiary/aromatic N) is 7. The smallest absolute Gasteiger partial charge is 0.165 e. The second-order valence-electron chi connectivity index (χ2n) is 14.3. The summed E-state index contributed by atoms with van der Waals surface area (Å²) in [6.45, 7) is 0. The Morgan fingerprint density at radius 2 is 0.807 bits per heavy atom. The number of fused-ring (bicyclic) bond motifs is 9. The zero-order valence-corrected chi connectivity index (χ0v) is 30.5. The summed E-state index contributed by atoms with van der Waals surface area (Å²) in [4.78, 5) is 19.6. The molecule has 0 unspecified atom stereocenters. The van der Waals surface area contributed by atoms with Gasteiger partial charge in [0.25, 0.3) is 0 Å². The third kappa shape index (κ3) is 4.60. The molecule has 266 valence electrons. The summed E-state index contributed by atoms with van der Waals surface area (Å²) < 4.78 is 7.04. The predicted octanol–water partition coefficient (Wildman–Crippen LogP) is 11.9. The SMILES string of the molecule is c1cncc(-c2ccccc2-c2cc(-n3c4ccccc4c4cnccc43)nc(-n3c4ccccc4c4cnccc43)c2-n2c3ccccc3c3ccccc32)c1. The van der Waals surface area contributed by atoms with Gasteiger partial charge < -0.3 is 4.57 Å². The second-order valence-corrected chi connectivity index (χ2v) is 14.3. The Bertz CT molecular complexity index is 3380. The number of benzene rings is 5. The third-order valence-corrected chi connectivity index (χ3v) is 11.3. The number of hydrogen-bond donors (Lipinski definition) is 0. The summed E-state index contributed by atoms with van der Waals surface area (Å²) in [6, 6.07) is 53.7. The average Bonchev–Trinajstić information content (AvgIpc) is 3.92. The van der Waals surface area contributed by atoms with Crippen LogP contribution >= 0.6 is 0 Å². The van der Waals surface area contributed by atoms with Gasteiger partial charge in [-0.1, -0.05) is 103 Å². The maximum Gasteiger partial charge on any atom is 0.165 e. The van der Waals surface area contributed by atoms with Crippen molar-refractivity contribution in [2.75, 3.05) is 0 Å².